The number of benzene rings is 1. The third-order valence-electron chi connectivity index (χ3n) is 2.59. The average molecular weight is 291 g/mol. The summed E-state index contributed by atoms with van der Waals surface area (Å²) in [6.45, 7) is 2.14. The van der Waals surface area contributed by atoms with Crippen LogP contribution in [0.25, 0.3) is 10.2 Å². The van der Waals surface area contributed by atoms with E-state index in [9.17, 15) is 0 Å². The quantitative estimate of drug-likeness (QED) is 0.722. The highest BCUT2D eigenvalue weighted by Crippen LogP contribution is 2.27. The van der Waals surface area contributed by atoms with E-state index in [1.165, 1.54) is 4.70 Å². The molecule has 0 saturated carbocycles. The predicted molar refractivity (Wildman–Crippen MR) is 79.4 cm³/mol. The first-order valence-electron chi connectivity index (χ1n) is 5.89. The van der Waals surface area contributed by atoms with Crippen LogP contribution in [0.15, 0.2) is 29.4 Å². The fourth-order valence-electron chi connectivity index (χ4n) is 1.79. The Morgan fingerprint density at radius 3 is 2.95 bits per heavy atom. The lowest BCUT2D eigenvalue weighted by atomic mass is 10.3. The van der Waals surface area contributed by atoms with E-state index >= 15 is 0 Å². The summed E-state index contributed by atoms with van der Waals surface area (Å²) in [7, 11) is 0. The second-order valence-corrected chi connectivity index (χ2v) is 6.73. The fourth-order valence-corrected chi connectivity index (χ4v) is 3.84. The Kier molecular flexibility index (Phi) is 3.39. The van der Waals surface area contributed by atoms with E-state index < -0.39 is 0 Å². The van der Waals surface area contributed by atoms with E-state index in [0.29, 0.717) is 16.4 Å². The number of nitrogens with two attached hydrogens (primary N) is 1. The molecule has 1 aromatic carbocycles. The Hall–Kier alpha value is -1.60. The van der Waals surface area contributed by atoms with E-state index in [2.05, 4.69) is 33.2 Å². The molecule has 2 aromatic heterocycles. The summed E-state index contributed by atoms with van der Waals surface area (Å²) in [5.41, 5.74) is 6.58. The minimum Gasteiger partial charge on any atom is -0.368 e. The molecule has 0 aliphatic rings. The number of nitrogens with zero attached hydrogens (tertiary/aromatic N) is 3. The van der Waals surface area contributed by atoms with Crippen LogP contribution in [0.1, 0.15) is 11.9 Å². The summed E-state index contributed by atoms with van der Waals surface area (Å²) in [6.07, 6.45) is 0.901. The molecular weight excluding hydrogens is 278 g/mol. The summed E-state index contributed by atoms with van der Waals surface area (Å²) in [6, 6.07) is 8.20. The van der Waals surface area contributed by atoms with Crippen LogP contribution in [-0.4, -0.2) is 25.4 Å². The van der Waals surface area contributed by atoms with Gasteiger partial charge in [0.2, 0.25) is 11.1 Å². The summed E-state index contributed by atoms with van der Waals surface area (Å²) in [5.74, 6) is 0.356. The van der Waals surface area contributed by atoms with Crippen LogP contribution in [0.2, 0.25) is 0 Å². The maximum atomic E-state index is 5.51. The zero-order chi connectivity index (χ0) is 13.2. The minimum atomic E-state index is 0.356. The number of aromatic amines is 1. The number of aromatic nitrogens is 4. The SMILES string of the molecule is C[C@@H](Cc1nc2ccccc2s1)Sc1n[nH]c(N)n1. The van der Waals surface area contributed by atoms with Gasteiger partial charge in [0.1, 0.15) is 0 Å². The Morgan fingerprint density at radius 2 is 2.21 bits per heavy atom. The van der Waals surface area contributed by atoms with Gasteiger partial charge in [-0.05, 0) is 12.1 Å². The highest BCUT2D eigenvalue weighted by molar-refractivity contribution is 7.99. The molecule has 0 aliphatic carbocycles. The molecule has 0 unspecified atom stereocenters. The van der Waals surface area contributed by atoms with Gasteiger partial charge in [0.05, 0.1) is 15.2 Å². The second-order valence-electron chi connectivity index (χ2n) is 4.21. The minimum absolute atomic E-state index is 0.356. The highest BCUT2D eigenvalue weighted by Gasteiger charge is 2.12. The molecule has 0 fully saturated rings. The number of thiazole rings is 1. The number of hydrogen-bond acceptors (Lipinski definition) is 6. The summed E-state index contributed by atoms with van der Waals surface area (Å²) >= 11 is 3.35. The van der Waals surface area contributed by atoms with Gasteiger partial charge >= 0.3 is 0 Å². The number of anilines is 1. The van der Waals surface area contributed by atoms with Gasteiger partial charge in [0.25, 0.3) is 0 Å². The van der Waals surface area contributed by atoms with Gasteiger partial charge in [-0.1, -0.05) is 30.8 Å². The van der Waals surface area contributed by atoms with E-state index in [1.54, 1.807) is 23.1 Å². The monoisotopic (exact) mass is 291 g/mol. The molecule has 0 bridgehead atoms. The zero-order valence-electron chi connectivity index (χ0n) is 10.3. The van der Waals surface area contributed by atoms with Crippen molar-refractivity contribution < 1.29 is 0 Å². The Labute approximate surface area is 118 Å². The highest BCUT2D eigenvalue weighted by atomic mass is 32.2. The van der Waals surface area contributed by atoms with Crippen molar-refractivity contribution in [3.05, 3.63) is 29.3 Å². The molecule has 0 aliphatic heterocycles. The maximum absolute atomic E-state index is 5.51. The predicted octanol–water partition coefficient (Wildman–Crippen LogP) is 2.72. The topological polar surface area (TPSA) is 80.5 Å². The van der Waals surface area contributed by atoms with Crippen molar-refractivity contribution in [3.8, 4) is 0 Å². The van der Waals surface area contributed by atoms with Crippen molar-refractivity contribution in [3.63, 3.8) is 0 Å². The van der Waals surface area contributed by atoms with Crippen molar-refractivity contribution >= 4 is 39.3 Å². The lowest BCUT2D eigenvalue weighted by Gasteiger charge is -2.05. The number of fused-ring (bicyclic) bond motifs is 1. The van der Waals surface area contributed by atoms with Gasteiger partial charge in [0, 0.05) is 11.7 Å². The molecular formula is C12H13N5S2. The van der Waals surface area contributed by atoms with E-state index in [4.69, 9.17) is 5.73 Å². The third kappa shape index (κ3) is 2.87. The molecule has 5 nitrogen and oxygen atoms in total. The smallest absolute Gasteiger partial charge is 0.216 e. The molecule has 7 heteroatoms. The van der Waals surface area contributed by atoms with Crippen LogP contribution >= 0.6 is 23.1 Å². The van der Waals surface area contributed by atoms with Crippen LogP contribution in [0.5, 0.6) is 0 Å². The number of para-hydroxylation sites is 1. The van der Waals surface area contributed by atoms with Crippen molar-refractivity contribution in [2.75, 3.05) is 5.73 Å². The lowest BCUT2D eigenvalue weighted by molar-refractivity contribution is 0.908. The molecule has 3 aromatic rings. The van der Waals surface area contributed by atoms with E-state index in [-0.39, 0.29) is 0 Å². The van der Waals surface area contributed by atoms with Crippen LogP contribution in [0.3, 0.4) is 0 Å². The van der Waals surface area contributed by atoms with Crippen molar-refractivity contribution in [1.29, 1.82) is 0 Å². The lowest BCUT2D eigenvalue weighted by Crippen LogP contribution is -2.01. The van der Waals surface area contributed by atoms with Crippen molar-refractivity contribution in [2.45, 2.75) is 23.8 Å². The number of nitrogens with one attached hydrogen (secondary N) is 1. The Morgan fingerprint density at radius 1 is 1.37 bits per heavy atom. The Balaban J connectivity index is 1.70. The largest absolute Gasteiger partial charge is 0.368 e. The number of thioether (sulfide) groups is 1. The summed E-state index contributed by atoms with van der Waals surface area (Å²) < 4.78 is 1.23. The standard InChI is InChI=1S/C12H13N5S2/c1-7(18-12-15-11(13)16-17-12)6-10-14-8-4-2-3-5-9(8)19-10/h2-5,7H,6H2,1H3,(H3,13,15,16,17)/t7-/m0/s1. The van der Waals surface area contributed by atoms with Crippen LogP contribution in [0, 0.1) is 0 Å². The molecule has 19 heavy (non-hydrogen) atoms. The molecule has 0 saturated heterocycles. The normalized spacial score (nSPS) is 12.9. The van der Waals surface area contributed by atoms with Gasteiger partial charge in [-0.15, -0.1) is 16.4 Å². The number of H-pyrrole nitrogens is 1. The first kappa shape index (κ1) is 12.4. The molecule has 1 atom stereocenters. The molecule has 0 spiro atoms. The van der Waals surface area contributed by atoms with Crippen LogP contribution in [0.4, 0.5) is 5.95 Å². The van der Waals surface area contributed by atoms with E-state index in [1.807, 2.05) is 18.2 Å². The average Bonchev–Trinajstić information content (AvgIpc) is 2.94. The Bertz CT molecular complexity index is 657. The summed E-state index contributed by atoms with van der Waals surface area (Å²) in [5, 5.41) is 8.85. The van der Waals surface area contributed by atoms with Gasteiger partial charge in [0.15, 0.2) is 0 Å². The molecule has 3 rings (SSSR count). The first-order valence-corrected chi connectivity index (χ1v) is 7.59. The van der Waals surface area contributed by atoms with Crippen LogP contribution < -0.4 is 5.73 Å². The molecule has 0 amide bonds. The third-order valence-corrected chi connectivity index (χ3v) is 4.61. The summed E-state index contributed by atoms with van der Waals surface area (Å²) in [4.78, 5) is 8.72. The molecule has 0 radical (unpaired) electrons. The van der Waals surface area contributed by atoms with Crippen LogP contribution in [-0.2, 0) is 6.42 Å². The zero-order valence-corrected chi connectivity index (χ0v) is 12.0. The van der Waals surface area contributed by atoms with Gasteiger partial charge in [-0.25, -0.2) is 10.1 Å². The first-order chi connectivity index (χ1) is 9.20. The molecule has 2 heterocycles. The number of rotatable bonds is 4. The fraction of sp³-hybridized carbons (Fsp3) is 0.250. The van der Waals surface area contributed by atoms with Gasteiger partial charge in [-0.3, -0.25) is 0 Å². The maximum Gasteiger partial charge on any atom is 0.216 e. The molecule has 98 valence electrons. The van der Waals surface area contributed by atoms with Gasteiger partial charge in [-0.2, -0.15) is 4.98 Å². The number of nitrogen functional groups attached to an aromatic ring is 1. The van der Waals surface area contributed by atoms with Crippen molar-refractivity contribution in [1.82, 2.24) is 20.2 Å². The van der Waals surface area contributed by atoms with Gasteiger partial charge < -0.3 is 5.73 Å². The number of hydrogen-bond donors (Lipinski definition) is 2. The molecule has 3 N–H and O–H groups in total. The van der Waals surface area contributed by atoms with Crippen molar-refractivity contribution in [2.24, 2.45) is 0 Å². The van der Waals surface area contributed by atoms with E-state index in [0.717, 1.165) is 16.9 Å². The second kappa shape index (κ2) is 5.18.